The summed E-state index contributed by atoms with van der Waals surface area (Å²) in [5.41, 5.74) is 18.2. The fraction of sp³-hybridized carbons (Fsp3) is 0.0674. The second-order valence-electron chi connectivity index (χ2n) is 26.6. The minimum Gasteiger partial charge on any atom is -0.399 e. The van der Waals surface area contributed by atoms with E-state index in [1.165, 1.54) is 27.2 Å². The smallest absolute Gasteiger partial charge is 0.399 e. The highest BCUT2D eigenvalue weighted by atomic mass is 16.7. The number of rotatable bonds is 9. The van der Waals surface area contributed by atoms with Crippen molar-refractivity contribution in [1.29, 1.82) is 0 Å². The van der Waals surface area contributed by atoms with Crippen molar-refractivity contribution in [2.75, 3.05) is 0 Å². The van der Waals surface area contributed by atoms with Gasteiger partial charge in [0.2, 0.25) is 0 Å². The van der Waals surface area contributed by atoms with Gasteiger partial charge in [-0.2, -0.15) is 0 Å². The third-order valence-corrected chi connectivity index (χ3v) is 20.0. The first-order chi connectivity index (χ1) is 49.0. The summed E-state index contributed by atoms with van der Waals surface area (Å²) in [6.07, 6.45) is 0. The van der Waals surface area contributed by atoms with E-state index in [0.29, 0.717) is 17.5 Å². The lowest BCUT2D eigenvalue weighted by Crippen LogP contribution is -2.41. The number of pyridine rings is 4. The number of fused-ring (bicyclic) bond motifs is 13. The Hall–Kier alpha value is -12.4. The van der Waals surface area contributed by atoms with Crippen LogP contribution in [0, 0.1) is 0 Å². The summed E-state index contributed by atoms with van der Waals surface area (Å²) in [6.45, 7) is 8.31. The molecule has 1 fully saturated rings. The predicted molar refractivity (Wildman–Crippen MR) is 411 cm³/mol. The van der Waals surface area contributed by atoms with E-state index in [1.807, 2.05) is 78.9 Å². The zero-order valence-electron chi connectivity index (χ0n) is 55.4. The van der Waals surface area contributed by atoms with Crippen molar-refractivity contribution < 1.29 is 9.31 Å². The number of nitrogens with zero attached hydrogens (tertiary/aromatic N) is 8. The molecular formula is C89H63BN8O2. The highest BCUT2D eigenvalue weighted by Crippen LogP contribution is 2.42. The largest absolute Gasteiger partial charge is 0.494 e. The standard InChI is InChI=1S/C55H34N6.C34H29BN2O2/c1-3-13-35(14-4-1)46-33-32-45-48(56-46)34-31-44-41-17-7-10-20-47(41)57-52(51(44)45)36-23-25-38(26-24-36)54-58-53(37-15-5-2-6-16-37)59-55(60-54)39-27-29-40(30-28-39)61-49-21-11-8-18-42(49)43-19-9-12-22-50(43)61;1-33(2)34(3,4)39-35(38-33)24-16-14-23(15-17-24)32-31-26(25-12-8-9-13-29(25)37-32)18-21-30-27(31)19-20-28(36-30)22-10-6-5-7-11-22/h1-34H;5-21H,1-4H3. The van der Waals surface area contributed by atoms with E-state index in [-0.39, 0.29) is 11.2 Å². The molecular weight excluding hydrogens is 1220 g/mol. The summed E-state index contributed by atoms with van der Waals surface area (Å²) >= 11 is 0. The molecule has 7 heterocycles. The van der Waals surface area contributed by atoms with Crippen LogP contribution >= 0.6 is 0 Å². The average molecular weight is 1290 g/mol. The van der Waals surface area contributed by atoms with Crippen LogP contribution in [0.2, 0.25) is 0 Å². The Bertz CT molecular complexity index is 6140. The molecule has 1 aliphatic rings. The van der Waals surface area contributed by atoms with E-state index < -0.39 is 7.12 Å². The Morgan fingerprint density at radius 2 is 0.600 bits per heavy atom. The van der Waals surface area contributed by atoms with Crippen molar-refractivity contribution in [3.05, 3.63) is 309 Å². The highest BCUT2D eigenvalue weighted by molar-refractivity contribution is 6.62. The Labute approximate surface area is 578 Å². The molecule has 0 unspecified atom stereocenters. The van der Waals surface area contributed by atoms with Crippen molar-refractivity contribution in [3.63, 3.8) is 0 Å². The molecule has 0 atom stereocenters. The summed E-state index contributed by atoms with van der Waals surface area (Å²) in [5.74, 6) is 1.83. The van der Waals surface area contributed by atoms with E-state index >= 15 is 0 Å². The molecule has 0 bridgehead atoms. The maximum Gasteiger partial charge on any atom is 0.494 e. The van der Waals surface area contributed by atoms with Crippen molar-refractivity contribution in [2.24, 2.45) is 0 Å². The molecule has 0 saturated carbocycles. The first-order valence-corrected chi connectivity index (χ1v) is 33.9. The normalized spacial score (nSPS) is 13.5. The summed E-state index contributed by atoms with van der Waals surface area (Å²) in [4.78, 5) is 35.8. The second-order valence-corrected chi connectivity index (χ2v) is 26.6. The van der Waals surface area contributed by atoms with Gasteiger partial charge in [-0.15, -0.1) is 0 Å². The van der Waals surface area contributed by atoms with Gasteiger partial charge >= 0.3 is 7.12 Å². The molecule has 0 N–H and O–H groups in total. The van der Waals surface area contributed by atoms with Gasteiger partial charge in [-0.3, -0.25) is 0 Å². The first kappa shape index (κ1) is 60.0. The third-order valence-electron chi connectivity index (χ3n) is 20.0. The van der Waals surface area contributed by atoms with Crippen LogP contribution in [0.25, 0.3) is 172 Å². The zero-order valence-corrected chi connectivity index (χ0v) is 55.4. The molecule has 19 rings (SSSR count). The summed E-state index contributed by atoms with van der Waals surface area (Å²) < 4.78 is 14.9. The van der Waals surface area contributed by atoms with Gasteiger partial charge in [0.25, 0.3) is 0 Å². The lowest BCUT2D eigenvalue weighted by molar-refractivity contribution is 0.00578. The second kappa shape index (κ2) is 24.3. The molecule has 1 saturated heterocycles. The number of hydrogen-bond acceptors (Lipinski definition) is 9. The van der Waals surface area contributed by atoms with Gasteiger partial charge in [0.15, 0.2) is 17.5 Å². The summed E-state index contributed by atoms with van der Waals surface area (Å²) in [5, 5.41) is 11.4. The van der Waals surface area contributed by atoms with Crippen LogP contribution in [-0.4, -0.2) is 57.8 Å². The van der Waals surface area contributed by atoms with E-state index in [0.717, 1.165) is 133 Å². The van der Waals surface area contributed by atoms with Crippen LogP contribution in [-0.2, 0) is 9.31 Å². The van der Waals surface area contributed by atoms with Gasteiger partial charge in [-0.25, -0.2) is 34.9 Å². The first-order valence-electron chi connectivity index (χ1n) is 33.9. The van der Waals surface area contributed by atoms with E-state index in [1.54, 1.807) is 0 Å². The molecule has 11 heteroatoms. The molecule has 0 aliphatic carbocycles. The van der Waals surface area contributed by atoms with Gasteiger partial charge < -0.3 is 13.9 Å². The lowest BCUT2D eigenvalue weighted by atomic mass is 9.78. The van der Waals surface area contributed by atoms with Crippen molar-refractivity contribution >= 4 is 99.5 Å². The molecule has 6 aromatic heterocycles. The minimum absolute atomic E-state index is 0.378. The Morgan fingerprint density at radius 3 is 1.05 bits per heavy atom. The number of para-hydroxylation sites is 4. The fourth-order valence-electron chi connectivity index (χ4n) is 14.1. The van der Waals surface area contributed by atoms with Gasteiger partial charge in [0, 0.05) is 87.7 Å². The molecule has 474 valence electrons. The van der Waals surface area contributed by atoms with Crippen LogP contribution in [0.5, 0.6) is 0 Å². The fourth-order valence-corrected chi connectivity index (χ4v) is 14.1. The number of benzene rings is 12. The Balaban J connectivity index is 0.000000159. The van der Waals surface area contributed by atoms with Crippen LogP contribution in [0.15, 0.2) is 309 Å². The SMILES string of the molecule is CC1(C)OB(c2ccc(-c3nc4ccccc4c4ccc5nc(-c6ccccc6)ccc5c34)cc2)OC1(C)C.c1ccc(-c2ccc3c(ccc4c5ccccc5nc(-c5ccc(-c6nc(-c7ccccc7)nc(-c7ccc(-n8c9ccccc9c9ccccc98)cc7)n6)cc5)c34)n2)cc1. The molecule has 0 amide bonds. The third kappa shape index (κ3) is 10.6. The number of hydrogen-bond donors (Lipinski definition) is 0. The van der Waals surface area contributed by atoms with E-state index in [4.69, 9.17) is 44.2 Å². The topological polar surface area (TPSA) is 114 Å². The molecule has 1 aliphatic heterocycles. The Kier molecular flexibility index (Phi) is 14.6. The maximum atomic E-state index is 6.28. The minimum atomic E-state index is -0.396. The zero-order chi connectivity index (χ0) is 67.1. The van der Waals surface area contributed by atoms with Crippen LogP contribution in [0.1, 0.15) is 27.7 Å². The van der Waals surface area contributed by atoms with Crippen LogP contribution in [0.3, 0.4) is 0 Å². The molecule has 10 nitrogen and oxygen atoms in total. The van der Waals surface area contributed by atoms with E-state index in [2.05, 4.69) is 263 Å². The molecule has 0 radical (unpaired) electrons. The van der Waals surface area contributed by atoms with Crippen molar-refractivity contribution in [2.45, 2.75) is 38.9 Å². The molecule has 100 heavy (non-hydrogen) atoms. The van der Waals surface area contributed by atoms with Crippen LogP contribution in [0.4, 0.5) is 0 Å². The summed E-state index contributed by atoms with van der Waals surface area (Å²) in [7, 11) is -0.396. The lowest BCUT2D eigenvalue weighted by Gasteiger charge is -2.32. The molecule has 12 aromatic carbocycles. The Morgan fingerprint density at radius 1 is 0.260 bits per heavy atom. The van der Waals surface area contributed by atoms with Gasteiger partial charge in [-0.1, -0.05) is 224 Å². The average Bonchev–Trinajstić information content (AvgIpc) is 0.959. The maximum absolute atomic E-state index is 6.28. The summed E-state index contributed by atoms with van der Waals surface area (Å²) in [6, 6.07) is 107. The van der Waals surface area contributed by atoms with Gasteiger partial charge in [-0.05, 0) is 129 Å². The highest BCUT2D eigenvalue weighted by Gasteiger charge is 2.51. The monoisotopic (exact) mass is 1290 g/mol. The van der Waals surface area contributed by atoms with E-state index in [9.17, 15) is 0 Å². The van der Waals surface area contributed by atoms with Crippen molar-refractivity contribution in [1.82, 2.24) is 39.5 Å². The van der Waals surface area contributed by atoms with Gasteiger partial charge in [0.05, 0.1) is 67.1 Å². The quantitative estimate of drug-likeness (QED) is 0.103. The van der Waals surface area contributed by atoms with Crippen molar-refractivity contribution in [3.8, 4) is 84.9 Å². The van der Waals surface area contributed by atoms with Gasteiger partial charge in [0.1, 0.15) is 0 Å². The van der Waals surface area contributed by atoms with Crippen LogP contribution < -0.4 is 5.46 Å². The predicted octanol–water partition coefficient (Wildman–Crippen LogP) is 21.1. The number of aromatic nitrogens is 8. The molecule has 0 spiro atoms. The molecule has 18 aromatic rings.